The van der Waals surface area contributed by atoms with E-state index in [1.807, 2.05) is 6.07 Å². The molecule has 1 saturated heterocycles. The molecule has 3 heteroatoms. The zero-order valence-electron chi connectivity index (χ0n) is 12.6. The van der Waals surface area contributed by atoms with E-state index in [2.05, 4.69) is 30.0 Å². The van der Waals surface area contributed by atoms with Crippen molar-refractivity contribution < 1.29 is 4.74 Å². The topological polar surface area (TPSA) is 38.5 Å². The normalized spacial score (nSPS) is 31.9. The van der Waals surface area contributed by atoms with Crippen LogP contribution in [0.4, 0.5) is 0 Å². The number of methoxy groups -OCH3 is 1. The standard InChI is InChI=1S/C17H26N2O/c1-12(13-5-3-7-15(9-13)20-2)19-10-14-6-4-8-17(18)16(14)11-19/h3,5,7,9,12,14,16-17H,4,6,8,10-11,18H2,1-2H3. The second-order valence-corrected chi connectivity index (χ2v) is 6.43. The molecule has 1 aromatic carbocycles. The number of nitrogens with zero attached hydrogens (tertiary/aromatic N) is 1. The zero-order valence-corrected chi connectivity index (χ0v) is 12.6. The number of rotatable bonds is 3. The maximum absolute atomic E-state index is 6.32. The lowest BCUT2D eigenvalue weighted by Gasteiger charge is -2.30. The molecule has 1 aliphatic carbocycles. The van der Waals surface area contributed by atoms with Crippen molar-refractivity contribution in [2.45, 2.75) is 38.3 Å². The first-order chi connectivity index (χ1) is 9.69. The van der Waals surface area contributed by atoms with Gasteiger partial charge in [-0.05, 0) is 49.3 Å². The van der Waals surface area contributed by atoms with E-state index < -0.39 is 0 Å². The fourth-order valence-electron chi connectivity index (χ4n) is 3.98. The Morgan fingerprint density at radius 2 is 2.15 bits per heavy atom. The van der Waals surface area contributed by atoms with Gasteiger partial charge in [-0.3, -0.25) is 4.90 Å². The number of fused-ring (bicyclic) bond motifs is 1. The van der Waals surface area contributed by atoms with Crippen LogP contribution in [0, 0.1) is 11.8 Å². The molecule has 0 radical (unpaired) electrons. The van der Waals surface area contributed by atoms with Crippen molar-refractivity contribution in [3.63, 3.8) is 0 Å². The van der Waals surface area contributed by atoms with Gasteiger partial charge in [0, 0.05) is 25.2 Å². The first-order valence-electron chi connectivity index (χ1n) is 7.82. The summed E-state index contributed by atoms with van der Waals surface area (Å²) >= 11 is 0. The van der Waals surface area contributed by atoms with Crippen LogP contribution in [0.1, 0.15) is 37.8 Å². The first-order valence-corrected chi connectivity index (χ1v) is 7.82. The van der Waals surface area contributed by atoms with Crippen molar-refractivity contribution in [1.29, 1.82) is 0 Å². The Balaban J connectivity index is 1.73. The molecule has 1 aromatic rings. The van der Waals surface area contributed by atoms with Gasteiger partial charge in [-0.15, -0.1) is 0 Å². The average Bonchev–Trinajstić information content (AvgIpc) is 2.92. The summed E-state index contributed by atoms with van der Waals surface area (Å²) in [5, 5.41) is 0. The lowest BCUT2D eigenvalue weighted by Crippen LogP contribution is -2.38. The summed E-state index contributed by atoms with van der Waals surface area (Å²) in [6.07, 6.45) is 3.88. The SMILES string of the molecule is COc1cccc(C(C)N2CC3CCCC(N)C3C2)c1. The van der Waals surface area contributed by atoms with E-state index in [4.69, 9.17) is 10.5 Å². The van der Waals surface area contributed by atoms with Gasteiger partial charge in [-0.1, -0.05) is 18.6 Å². The number of hydrogen-bond donors (Lipinski definition) is 1. The lowest BCUT2D eigenvalue weighted by molar-refractivity contribution is 0.244. The summed E-state index contributed by atoms with van der Waals surface area (Å²) in [6, 6.07) is 9.32. The molecule has 0 amide bonds. The highest BCUT2D eigenvalue weighted by Crippen LogP contribution is 2.39. The van der Waals surface area contributed by atoms with Gasteiger partial charge in [0.2, 0.25) is 0 Å². The molecule has 2 fully saturated rings. The molecule has 0 bridgehead atoms. The quantitative estimate of drug-likeness (QED) is 0.921. The molecule has 20 heavy (non-hydrogen) atoms. The van der Waals surface area contributed by atoms with E-state index in [1.165, 1.54) is 31.4 Å². The van der Waals surface area contributed by atoms with Crippen LogP contribution in [0.25, 0.3) is 0 Å². The highest BCUT2D eigenvalue weighted by Gasteiger charge is 2.40. The second kappa shape index (κ2) is 5.74. The maximum Gasteiger partial charge on any atom is 0.119 e. The van der Waals surface area contributed by atoms with Crippen molar-refractivity contribution in [2.24, 2.45) is 17.6 Å². The van der Waals surface area contributed by atoms with Crippen LogP contribution < -0.4 is 10.5 Å². The third kappa shape index (κ3) is 2.57. The summed E-state index contributed by atoms with van der Waals surface area (Å²) in [5.74, 6) is 2.46. The van der Waals surface area contributed by atoms with Gasteiger partial charge >= 0.3 is 0 Å². The Hall–Kier alpha value is -1.06. The Morgan fingerprint density at radius 1 is 1.30 bits per heavy atom. The molecule has 3 nitrogen and oxygen atoms in total. The maximum atomic E-state index is 6.32. The van der Waals surface area contributed by atoms with Crippen LogP contribution in [0.5, 0.6) is 5.75 Å². The van der Waals surface area contributed by atoms with E-state index in [0.29, 0.717) is 18.0 Å². The van der Waals surface area contributed by atoms with Crippen LogP contribution in [0.3, 0.4) is 0 Å². The number of nitrogens with two attached hydrogens (primary N) is 1. The number of likely N-dealkylation sites (tertiary alicyclic amines) is 1. The molecular formula is C17H26N2O. The average molecular weight is 274 g/mol. The van der Waals surface area contributed by atoms with E-state index >= 15 is 0 Å². The van der Waals surface area contributed by atoms with Crippen molar-refractivity contribution in [3.8, 4) is 5.75 Å². The predicted octanol–water partition coefficient (Wildman–Crippen LogP) is 2.82. The van der Waals surface area contributed by atoms with Gasteiger partial charge in [-0.25, -0.2) is 0 Å². The monoisotopic (exact) mass is 274 g/mol. The van der Waals surface area contributed by atoms with Crippen molar-refractivity contribution in [2.75, 3.05) is 20.2 Å². The molecular weight excluding hydrogens is 248 g/mol. The minimum Gasteiger partial charge on any atom is -0.497 e. The van der Waals surface area contributed by atoms with Gasteiger partial charge in [0.25, 0.3) is 0 Å². The van der Waals surface area contributed by atoms with Gasteiger partial charge in [0.05, 0.1) is 7.11 Å². The molecule has 1 aliphatic heterocycles. The van der Waals surface area contributed by atoms with Crippen molar-refractivity contribution >= 4 is 0 Å². The fourth-order valence-corrected chi connectivity index (χ4v) is 3.98. The number of benzene rings is 1. The molecule has 2 aliphatic rings. The number of hydrogen-bond acceptors (Lipinski definition) is 3. The minimum atomic E-state index is 0.413. The molecule has 1 saturated carbocycles. The molecule has 4 atom stereocenters. The minimum absolute atomic E-state index is 0.413. The fraction of sp³-hybridized carbons (Fsp3) is 0.647. The summed E-state index contributed by atoms with van der Waals surface area (Å²) in [7, 11) is 1.73. The third-order valence-corrected chi connectivity index (χ3v) is 5.31. The van der Waals surface area contributed by atoms with Crippen LogP contribution in [-0.4, -0.2) is 31.1 Å². The molecule has 0 aromatic heterocycles. The molecule has 4 unspecified atom stereocenters. The summed E-state index contributed by atoms with van der Waals surface area (Å²) in [5.41, 5.74) is 7.66. The largest absolute Gasteiger partial charge is 0.497 e. The second-order valence-electron chi connectivity index (χ2n) is 6.43. The van der Waals surface area contributed by atoms with Crippen LogP contribution in [0.15, 0.2) is 24.3 Å². The Labute approximate surface area is 122 Å². The van der Waals surface area contributed by atoms with Gasteiger partial charge < -0.3 is 10.5 Å². The lowest BCUT2D eigenvalue weighted by atomic mass is 9.78. The molecule has 1 heterocycles. The van der Waals surface area contributed by atoms with E-state index in [-0.39, 0.29) is 0 Å². The molecule has 0 spiro atoms. The van der Waals surface area contributed by atoms with E-state index in [1.54, 1.807) is 7.11 Å². The Morgan fingerprint density at radius 3 is 2.90 bits per heavy atom. The third-order valence-electron chi connectivity index (χ3n) is 5.31. The highest BCUT2D eigenvalue weighted by atomic mass is 16.5. The van der Waals surface area contributed by atoms with Gasteiger partial charge in [-0.2, -0.15) is 0 Å². The molecule has 110 valence electrons. The van der Waals surface area contributed by atoms with Crippen LogP contribution >= 0.6 is 0 Å². The van der Waals surface area contributed by atoms with E-state index in [9.17, 15) is 0 Å². The number of ether oxygens (including phenoxy) is 1. The Kier molecular flexibility index (Phi) is 3.99. The zero-order chi connectivity index (χ0) is 14.1. The Bertz CT molecular complexity index is 462. The van der Waals surface area contributed by atoms with Gasteiger partial charge in [0.1, 0.15) is 5.75 Å². The summed E-state index contributed by atoms with van der Waals surface area (Å²) < 4.78 is 5.34. The summed E-state index contributed by atoms with van der Waals surface area (Å²) in [4.78, 5) is 2.61. The van der Waals surface area contributed by atoms with E-state index in [0.717, 1.165) is 18.2 Å². The predicted molar refractivity (Wildman–Crippen MR) is 81.8 cm³/mol. The van der Waals surface area contributed by atoms with Crippen molar-refractivity contribution in [1.82, 2.24) is 4.90 Å². The smallest absolute Gasteiger partial charge is 0.119 e. The van der Waals surface area contributed by atoms with Crippen molar-refractivity contribution in [3.05, 3.63) is 29.8 Å². The highest BCUT2D eigenvalue weighted by molar-refractivity contribution is 5.30. The summed E-state index contributed by atoms with van der Waals surface area (Å²) in [6.45, 7) is 4.67. The molecule has 2 N–H and O–H groups in total. The van der Waals surface area contributed by atoms with Gasteiger partial charge in [0.15, 0.2) is 0 Å². The van der Waals surface area contributed by atoms with Crippen LogP contribution in [-0.2, 0) is 0 Å². The molecule has 3 rings (SSSR count). The van der Waals surface area contributed by atoms with Crippen LogP contribution in [0.2, 0.25) is 0 Å². The first kappa shape index (κ1) is 13.9.